The van der Waals surface area contributed by atoms with Crippen LogP contribution in [0.15, 0.2) is 125 Å². The molecule has 5 aromatic heterocycles. The minimum atomic E-state index is 0. The third kappa shape index (κ3) is 12.7. The molecule has 5 heterocycles. The number of carbonyl (C=O) groups is 2. The number of benzene rings is 4. The molecule has 0 unspecified atom stereocenters. The summed E-state index contributed by atoms with van der Waals surface area (Å²) in [6.45, 7) is 16.1. The van der Waals surface area contributed by atoms with Crippen molar-refractivity contribution >= 4 is 96.8 Å². The number of carbonyl (C=O) groups excluding carboxylic acids is 2. The summed E-state index contributed by atoms with van der Waals surface area (Å²) in [7, 11) is 0. The molecule has 0 aliphatic carbocycles. The van der Waals surface area contributed by atoms with Gasteiger partial charge in [-0.1, -0.05) is 138 Å². The number of hydrogen-bond acceptors (Lipinski definition) is 9. The van der Waals surface area contributed by atoms with Gasteiger partial charge in [-0.3, -0.25) is 19.6 Å². The van der Waals surface area contributed by atoms with Crippen LogP contribution in [0, 0.1) is 35.8 Å². The first kappa shape index (κ1) is 57.1. The van der Waals surface area contributed by atoms with Crippen molar-refractivity contribution in [2.45, 2.75) is 107 Å². The number of allylic oxidation sites excluding steroid dienone is 4. The smallest absolute Gasteiger partial charge is 0.162 e. The summed E-state index contributed by atoms with van der Waals surface area (Å²) in [6, 6.07) is 40.2. The fraction of sp³-hybridized carbons (Fsp3) is 0.333. The van der Waals surface area contributed by atoms with E-state index < -0.39 is 0 Å². The Morgan fingerprint density at radius 1 is 0.493 bits per heavy atom. The van der Waals surface area contributed by atoms with Crippen LogP contribution in [0.2, 0.25) is 0 Å². The molecular formula is C60H64N2O5Pt2S2-2. The number of fused-ring (bicyclic) bond motifs is 9. The van der Waals surface area contributed by atoms with Crippen molar-refractivity contribution in [3.63, 3.8) is 0 Å². The van der Waals surface area contributed by atoms with Gasteiger partial charge in [-0.25, -0.2) is 0 Å². The summed E-state index contributed by atoms with van der Waals surface area (Å²) in [6.07, 6.45) is 9.81. The van der Waals surface area contributed by atoms with E-state index in [0.717, 1.165) is 105 Å². The minimum absolute atomic E-state index is 0. The standard InChI is InChI=1S/C34H16N2OS2.2C13H24O2.2Pt/c1-3-13-29-19(7-1)23-15-17-27(35-33(23)38-29)25-11-5-9-21-22-10-6-12-26(32(22)37-31(21)25)28-18-16-24-20-8-2-4-14-30(20)39-34(24)36-28;2*1-5-10(6-2)12(14)9-13(15)11(7-3)8-4;;/h1-10,13-18H;2*9-11,14H,5-8H2,1-4H3;;/q-2;;;;/b;2*12-9-;;. The zero-order valence-electron chi connectivity index (χ0n) is 41.8. The van der Waals surface area contributed by atoms with Gasteiger partial charge in [0.15, 0.2) is 11.6 Å². The Morgan fingerprint density at radius 2 is 0.845 bits per heavy atom. The summed E-state index contributed by atoms with van der Waals surface area (Å²) in [5.41, 5.74) is 5.00. The molecule has 0 radical (unpaired) electrons. The molecule has 71 heavy (non-hydrogen) atoms. The third-order valence-corrected chi connectivity index (χ3v) is 15.7. The molecule has 9 rings (SSSR count). The van der Waals surface area contributed by atoms with Gasteiger partial charge >= 0.3 is 0 Å². The van der Waals surface area contributed by atoms with Crippen LogP contribution in [-0.2, 0) is 51.7 Å². The monoisotopic (exact) mass is 1350 g/mol. The molecule has 0 bridgehead atoms. The number of aliphatic hydroxyl groups excluding tert-OH is 2. The van der Waals surface area contributed by atoms with Gasteiger partial charge in [0.1, 0.15) is 9.66 Å². The van der Waals surface area contributed by atoms with Crippen LogP contribution in [0.3, 0.4) is 0 Å². The van der Waals surface area contributed by atoms with Crippen molar-refractivity contribution in [2.24, 2.45) is 23.7 Å². The molecule has 0 spiro atoms. The Hall–Kier alpha value is -4.78. The maximum Gasteiger partial charge on any atom is 0.162 e. The fourth-order valence-electron chi connectivity index (χ4n) is 9.14. The maximum absolute atomic E-state index is 11.7. The van der Waals surface area contributed by atoms with Gasteiger partial charge in [0.05, 0.1) is 11.5 Å². The van der Waals surface area contributed by atoms with Crippen LogP contribution < -0.4 is 0 Å². The summed E-state index contributed by atoms with van der Waals surface area (Å²) in [4.78, 5) is 35.6. The predicted molar refractivity (Wildman–Crippen MR) is 291 cm³/mol. The number of ketones is 2. The van der Waals surface area contributed by atoms with E-state index in [9.17, 15) is 19.8 Å². The van der Waals surface area contributed by atoms with Gasteiger partial charge in [-0.05, 0) is 74.9 Å². The Balaban J connectivity index is 0.000000246. The van der Waals surface area contributed by atoms with E-state index in [2.05, 4.69) is 97.1 Å². The average molecular weight is 1350 g/mol. The summed E-state index contributed by atoms with van der Waals surface area (Å²) in [5.74, 6) is 1.09. The van der Waals surface area contributed by atoms with Crippen LogP contribution in [0.1, 0.15) is 107 Å². The minimum Gasteiger partial charge on any atom is -0.545 e. The first-order valence-corrected chi connectivity index (χ1v) is 26.4. The molecule has 0 atom stereocenters. The van der Waals surface area contributed by atoms with Crippen molar-refractivity contribution in [1.29, 1.82) is 0 Å². The second-order valence-corrected chi connectivity index (χ2v) is 19.6. The van der Waals surface area contributed by atoms with Crippen molar-refractivity contribution in [3.8, 4) is 22.5 Å². The SMILES string of the molecule is CCC(CC)C(=O)/C=C(\O)C(CC)CC.CCC(CC)C(=O)/C=C(\O)C(CC)CC.[Pt].[Pt].[c-]1ccc2c(oc3c(-c4ccc5c(n4)sc4ccccc45)[c-]ccc32)c1-c1ccc2c(n1)sc1ccccc12. The second-order valence-electron chi connectivity index (χ2n) is 17.6. The fourth-order valence-corrected chi connectivity index (χ4v) is 11.3. The third-order valence-electron chi connectivity index (χ3n) is 13.6. The van der Waals surface area contributed by atoms with E-state index in [-0.39, 0.29) is 88.9 Å². The number of hydrogen-bond donors (Lipinski definition) is 2. The molecule has 11 heteroatoms. The van der Waals surface area contributed by atoms with E-state index in [0.29, 0.717) is 0 Å². The van der Waals surface area contributed by atoms with Crippen molar-refractivity contribution < 1.29 is 66.3 Å². The average Bonchev–Trinajstić information content (AvgIpc) is 4.07. The quantitative estimate of drug-likeness (QED) is 0.0563. The van der Waals surface area contributed by atoms with Gasteiger partial charge in [0.2, 0.25) is 0 Å². The Bertz CT molecular complexity index is 3060. The Kier molecular flexibility index (Phi) is 21.5. The molecule has 378 valence electrons. The Labute approximate surface area is 455 Å². The van der Waals surface area contributed by atoms with Crippen LogP contribution in [-0.4, -0.2) is 31.7 Å². The molecule has 0 saturated heterocycles. The molecule has 2 N–H and O–H groups in total. The van der Waals surface area contributed by atoms with E-state index in [1.54, 1.807) is 22.7 Å². The molecular weight excluding hydrogens is 1280 g/mol. The largest absolute Gasteiger partial charge is 0.545 e. The van der Waals surface area contributed by atoms with Crippen LogP contribution in [0.25, 0.3) is 85.1 Å². The molecule has 0 aliphatic rings. The first-order valence-electron chi connectivity index (χ1n) is 24.8. The van der Waals surface area contributed by atoms with Crippen molar-refractivity contribution in [3.05, 3.63) is 133 Å². The molecule has 0 aliphatic heterocycles. The van der Waals surface area contributed by atoms with Gasteiger partial charge in [0.25, 0.3) is 0 Å². The summed E-state index contributed by atoms with van der Waals surface area (Å²) in [5, 5.41) is 26.4. The predicted octanol–water partition coefficient (Wildman–Crippen LogP) is 17.8. The first-order chi connectivity index (χ1) is 33.5. The maximum atomic E-state index is 11.7. The number of aliphatic hydroxyl groups is 2. The second kappa shape index (κ2) is 26.8. The van der Waals surface area contributed by atoms with Gasteiger partial charge in [-0.2, -0.15) is 0 Å². The van der Waals surface area contributed by atoms with Crippen molar-refractivity contribution in [1.82, 2.24) is 9.97 Å². The van der Waals surface area contributed by atoms with Crippen LogP contribution in [0.5, 0.6) is 0 Å². The molecule has 0 amide bonds. The van der Waals surface area contributed by atoms with Gasteiger partial charge in [0, 0.05) is 120 Å². The number of rotatable bonds is 16. The van der Waals surface area contributed by atoms with Crippen LogP contribution >= 0.6 is 22.7 Å². The van der Waals surface area contributed by atoms with E-state index in [1.165, 1.54) is 43.1 Å². The molecule has 9 aromatic rings. The van der Waals surface area contributed by atoms with Gasteiger partial charge in [-0.15, -0.1) is 59.1 Å². The number of thiophene rings is 2. The summed E-state index contributed by atoms with van der Waals surface area (Å²) < 4.78 is 9.11. The molecule has 0 saturated carbocycles. The number of nitrogens with zero attached hydrogens (tertiary/aromatic N) is 2. The zero-order valence-corrected chi connectivity index (χ0v) is 48.0. The van der Waals surface area contributed by atoms with E-state index >= 15 is 0 Å². The van der Waals surface area contributed by atoms with Gasteiger partial charge < -0.3 is 14.6 Å². The topological polar surface area (TPSA) is 114 Å². The normalized spacial score (nSPS) is 11.9. The zero-order chi connectivity index (χ0) is 49.2. The molecule has 4 aromatic carbocycles. The number of furan rings is 1. The number of pyridine rings is 2. The Morgan fingerprint density at radius 3 is 1.20 bits per heavy atom. The van der Waals surface area contributed by atoms with Crippen molar-refractivity contribution in [2.75, 3.05) is 0 Å². The number of aromatic nitrogens is 2. The summed E-state index contributed by atoms with van der Waals surface area (Å²) >= 11 is 3.43. The van der Waals surface area contributed by atoms with Crippen LogP contribution in [0.4, 0.5) is 0 Å². The van der Waals surface area contributed by atoms with E-state index in [4.69, 9.17) is 14.4 Å². The molecule has 0 fully saturated rings. The molecule has 7 nitrogen and oxygen atoms in total. The van der Waals surface area contributed by atoms with E-state index in [1.807, 2.05) is 67.5 Å².